The fraction of sp³-hybridized carbons (Fsp3) is 0.429. The summed E-state index contributed by atoms with van der Waals surface area (Å²) in [5.74, 6) is -0.108. The molecule has 0 spiro atoms. The van der Waals surface area contributed by atoms with E-state index in [1.165, 1.54) is 0 Å². The number of nitrogens with one attached hydrogen (secondary N) is 1. The second kappa shape index (κ2) is 9.41. The van der Waals surface area contributed by atoms with Gasteiger partial charge in [-0.05, 0) is 43.7 Å². The highest BCUT2D eigenvalue weighted by Crippen LogP contribution is 2.17. The fourth-order valence-corrected chi connectivity index (χ4v) is 3.41. The van der Waals surface area contributed by atoms with Crippen molar-refractivity contribution in [1.82, 2.24) is 25.1 Å². The number of carbonyl (C=O) groups is 2. The van der Waals surface area contributed by atoms with E-state index in [-0.39, 0.29) is 17.7 Å². The molecule has 1 saturated heterocycles. The van der Waals surface area contributed by atoms with Crippen LogP contribution >= 0.6 is 0 Å². The van der Waals surface area contributed by atoms with Crippen molar-refractivity contribution in [3.8, 4) is 0 Å². The molecule has 0 bridgehead atoms. The number of aromatic nitrogens is 2. The van der Waals surface area contributed by atoms with Gasteiger partial charge in [0.05, 0.1) is 24.7 Å². The van der Waals surface area contributed by atoms with Crippen LogP contribution in [0.5, 0.6) is 0 Å². The summed E-state index contributed by atoms with van der Waals surface area (Å²) in [4.78, 5) is 37.2. The molecule has 3 heterocycles. The van der Waals surface area contributed by atoms with E-state index < -0.39 is 0 Å². The number of aryl methyl sites for hydroxylation is 1. The molecule has 28 heavy (non-hydrogen) atoms. The van der Waals surface area contributed by atoms with E-state index in [2.05, 4.69) is 15.3 Å². The van der Waals surface area contributed by atoms with Crippen LogP contribution in [0.4, 0.5) is 0 Å². The van der Waals surface area contributed by atoms with Gasteiger partial charge in [-0.15, -0.1) is 0 Å². The van der Waals surface area contributed by atoms with E-state index >= 15 is 0 Å². The maximum absolute atomic E-state index is 12.6. The second-order valence-corrected chi connectivity index (χ2v) is 7.34. The standard InChI is InChI=1S/C21H27N5O2/c1-16-5-3-9-23-19(16)12-24-21(28)18-7-10-26(14-18)20(27)15-25(2)13-17-6-4-8-22-11-17/h3-6,8-9,11,18H,7,10,12-15H2,1-2H3,(H,24,28). The van der Waals surface area contributed by atoms with Crippen LogP contribution in [0.1, 0.15) is 23.2 Å². The number of nitrogens with zero attached hydrogens (tertiary/aromatic N) is 4. The highest BCUT2D eigenvalue weighted by Gasteiger charge is 2.31. The van der Waals surface area contributed by atoms with Crippen molar-refractivity contribution in [3.05, 3.63) is 59.7 Å². The lowest BCUT2D eigenvalue weighted by Crippen LogP contribution is -2.39. The highest BCUT2D eigenvalue weighted by molar-refractivity contribution is 5.82. The summed E-state index contributed by atoms with van der Waals surface area (Å²) < 4.78 is 0. The van der Waals surface area contributed by atoms with Crippen LogP contribution in [-0.4, -0.2) is 58.3 Å². The fourth-order valence-electron chi connectivity index (χ4n) is 3.41. The molecule has 1 fully saturated rings. The molecule has 7 nitrogen and oxygen atoms in total. The zero-order chi connectivity index (χ0) is 19.9. The van der Waals surface area contributed by atoms with Crippen LogP contribution in [0.2, 0.25) is 0 Å². The van der Waals surface area contributed by atoms with Crippen molar-refractivity contribution >= 4 is 11.8 Å². The highest BCUT2D eigenvalue weighted by atomic mass is 16.2. The third-order valence-corrected chi connectivity index (χ3v) is 5.04. The molecule has 1 N–H and O–H groups in total. The summed E-state index contributed by atoms with van der Waals surface area (Å²) in [6.45, 7) is 4.50. The van der Waals surface area contributed by atoms with Crippen LogP contribution in [0.25, 0.3) is 0 Å². The summed E-state index contributed by atoms with van der Waals surface area (Å²) in [6, 6.07) is 7.74. The Labute approximate surface area is 165 Å². The lowest BCUT2D eigenvalue weighted by Gasteiger charge is -2.21. The zero-order valence-corrected chi connectivity index (χ0v) is 16.5. The van der Waals surface area contributed by atoms with E-state index in [0.717, 1.165) is 16.8 Å². The second-order valence-electron chi connectivity index (χ2n) is 7.34. The van der Waals surface area contributed by atoms with Crippen LogP contribution in [-0.2, 0) is 22.7 Å². The SMILES string of the molecule is Cc1cccnc1CNC(=O)C1CCN(C(=O)CN(C)Cc2cccnc2)C1. The average Bonchev–Trinajstić information content (AvgIpc) is 3.18. The van der Waals surface area contributed by atoms with Gasteiger partial charge in [0.25, 0.3) is 0 Å². The largest absolute Gasteiger partial charge is 0.350 e. The summed E-state index contributed by atoms with van der Waals surface area (Å²) >= 11 is 0. The molecule has 0 aliphatic carbocycles. The van der Waals surface area contributed by atoms with Crippen LogP contribution < -0.4 is 5.32 Å². The number of hydrogen-bond donors (Lipinski definition) is 1. The van der Waals surface area contributed by atoms with Crippen molar-refractivity contribution in [2.24, 2.45) is 5.92 Å². The molecule has 0 aromatic carbocycles. The first kappa shape index (κ1) is 19.9. The number of likely N-dealkylation sites (N-methyl/N-ethyl adjacent to an activating group) is 1. The minimum absolute atomic E-state index is 0.0101. The summed E-state index contributed by atoms with van der Waals surface area (Å²) in [7, 11) is 1.92. The number of amides is 2. The molecule has 1 unspecified atom stereocenters. The lowest BCUT2D eigenvalue weighted by molar-refractivity contribution is -0.131. The molecule has 7 heteroatoms. The Morgan fingerprint density at radius 3 is 2.86 bits per heavy atom. The third-order valence-electron chi connectivity index (χ3n) is 5.04. The Balaban J connectivity index is 1.44. The molecular weight excluding hydrogens is 354 g/mol. The molecule has 2 aromatic heterocycles. The Morgan fingerprint density at radius 1 is 1.29 bits per heavy atom. The number of carbonyl (C=O) groups excluding carboxylic acids is 2. The van der Waals surface area contributed by atoms with Gasteiger partial charge >= 0.3 is 0 Å². The Hall–Kier alpha value is -2.80. The van der Waals surface area contributed by atoms with E-state index in [0.29, 0.717) is 39.1 Å². The monoisotopic (exact) mass is 381 g/mol. The van der Waals surface area contributed by atoms with Crippen LogP contribution in [0.3, 0.4) is 0 Å². The van der Waals surface area contributed by atoms with Gasteiger partial charge in [0.15, 0.2) is 0 Å². The minimum atomic E-state index is -0.156. The first-order chi connectivity index (χ1) is 13.5. The van der Waals surface area contributed by atoms with Crippen molar-refractivity contribution in [3.63, 3.8) is 0 Å². The molecular formula is C21H27N5O2. The molecule has 0 radical (unpaired) electrons. The van der Waals surface area contributed by atoms with Crippen molar-refractivity contribution in [2.45, 2.75) is 26.4 Å². The third kappa shape index (κ3) is 5.36. The van der Waals surface area contributed by atoms with Crippen molar-refractivity contribution in [1.29, 1.82) is 0 Å². The zero-order valence-electron chi connectivity index (χ0n) is 16.5. The average molecular weight is 381 g/mol. The van der Waals surface area contributed by atoms with Gasteiger partial charge in [0.1, 0.15) is 0 Å². The van der Waals surface area contributed by atoms with Gasteiger partial charge < -0.3 is 10.2 Å². The van der Waals surface area contributed by atoms with Crippen LogP contribution in [0, 0.1) is 12.8 Å². The minimum Gasteiger partial charge on any atom is -0.350 e. The van der Waals surface area contributed by atoms with E-state index in [1.807, 2.05) is 43.1 Å². The van der Waals surface area contributed by atoms with Gasteiger partial charge in [-0.1, -0.05) is 12.1 Å². The van der Waals surface area contributed by atoms with Gasteiger partial charge in [-0.2, -0.15) is 0 Å². The van der Waals surface area contributed by atoms with Crippen LogP contribution in [0.15, 0.2) is 42.9 Å². The van der Waals surface area contributed by atoms with Crippen molar-refractivity contribution < 1.29 is 9.59 Å². The van der Waals surface area contributed by atoms with Gasteiger partial charge in [-0.25, -0.2) is 0 Å². The van der Waals surface area contributed by atoms with E-state index in [4.69, 9.17) is 0 Å². The lowest BCUT2D eigenvalue weighted by atomic mass is 10.1. The molecule has 0 saturated carbocycles. The number of pyridine rings is 2. The first-order valence-electron chi connectivity index (χ1n) is 9.56. The normalized spacial score (nSPS) is 16.4. The summed E-state index contributed by atoms with van der Waals surface area (Å²) in [6.07, 6.45) is 5.97. The maximum atomic E-state index is 12.6. The molecule has 148 valence electrons. The topological polar surface area (TPSA) is 78.4 Å². The molecule has 1 aliphatic rings. The van der Waals surface area contributed by atoms with Gasteiger partial charge in [-0.3, -0.25) is 24.5 Å². The number of likely N-dealkylation sites (tertiary alicyclic amines) is 1. The molecule has 3 rings (SSSR count). The molecule has 2 amide bonds. The smallest absolute Gasteiger partial charge is 0.236 e. The molecule has 1 atom stereocenters. The number of rotatable bonds is 7. The molecule has 1 aliphatic heterocycles. The quantitative estimate of drug-likeness (QED) is 0.784. The summed E-state index contributed by atoms with van der Waals surface area (Å²) in [5, 5.41) is 2.96. The number of hydrogen-bond acceptors (Lipinski definition) is 5. The first-order valence-corrected chi connectivity index (χ1v) is 9.56. The Bertz CT molecular complexity index is 811. The predicted molar refractivity (Wildman–Crippen MR) is 106 cm³/mol. The van der Waals surface area contributed by atoms with Gasteiger partial charge in [0.2, 0.25) is 11.8 Å². The Morgan fingerprint density at radius 2 is 2.11 bits per heavy atom. The summed E-state index contributed by atoms with van der Waals surface area (Å²) in [5.41, 5.74) is 3.00. The van der Waals surface area contributed by atoms with E-state index in [1.54, 1.807) is 23.5 Å². The predicted octanol–water partition coefficient (Wildman–Crippen LogP) is 1.38. The Kier molecular flexibility index (Phi) is 6.71. The van der Waals surface area contributed by atoms with Gasteiger partial charge in [0, 0.05) is 38.2 Å². The van der Waals surface area contributed by atoms with Crippen molar-refractivity contribution in [2.75, 3.05) is 26.7 Å². The maximum Gasteiger partial charge on any atom is 0.236 e. The van der Waals surface area contributed by atoms with E-state index in [9.17, 15) is 9.59 Å². The molecule has 2 aromatic rings.